The number of benzene rings is 1. The third-order valence-electron chi connectivity index (χ3n) is 2.00. The van der Waals surface area contributed by atoms with E-state index >= 15 is 0 Å². The smallest absolute Gasteiger partial charge is 0.251 e. The van der Waals surface area contributed by atoms with E-state index in [1.54, 1.807) is 0 Å². The molecule has 0 aliphatic heterocycles. The highest BCUT2D eigenvalue weighted by molar-refractivity contribution is 9.09. The van der Waals surface area contributed by atoms with E-state index in [2.05, 4.69) is 21.2 Å². The first-order valence-electron chi connectivity index (χ1n) is 4.76. The molecule has 4 heteroatoms. The molecule has 0 radical (unpaired) electrons. The molecule has 0 saturated carbocycles. The lowest BCUT2D eigenvalue weighted by molar-refractivity contribution is 0.0956. The van der Waals surface area contributed by atoms with Gasteiger partial charge < -0.3 is 10.2 Å². The summed E-state index contributed by atoms with van der Waals surface area (Å²) < 4.78 is 0. The van der Waals surface area contributed by atoms with Crippen LogP contribution >= 0.6 is 15.9 Å². The van der Waals surface area contributed by atoms with Gasteiger partial charge in [-0.1, -0.05) is 22.0 Å². The number of hydrogen-bond donors (Lipinski definition) is 1. The molecule has 0 bridgehead atoms. The van der Waals surface area contributed by atoms with Crippen molar-refractivity contribution in [1.29, 1.82) is 0 Å². The highest BCUT2D eigenvalue weighted by Gasteiger charge is 2.05. The number of nitrogens with zero attached hydrogens (tertiary/aromatic N) is 1. The summed E-state index contributed by atoms with van der Waals surface area (Å²) in [5.41, 5.74) is 1.73. The fraction of sp³-hybridized carbons (Fsp3) is 0.364. The Hall–Kier alpha value is -1.03. The molecule has 1 amide bonds. The van der Waals surface area contributed by atoms with Crippen LogP contribution in [0.4, 0.5) is 5.69 Å². The van der Waals surface area contributed by atoms with Crippen LogP contribution in [0.1, 0.15) is 10.4 Å². The fourth-order valence-corrected chi connectivity index (χ4v) is 1.39. The molecule has 15 heavy (non-hydrogen) atoms. The highest BCUT2D eigenvalue weighted by atomic mass is 79.9. The summed E-state index contributed by atoms with van der Waals surface area (Å²) >= 11 is 3.27. The Balaban J connectivity index is 2.76. The number of hydrogen-bond acceptors (Lipinski definition) is 2. The predicted molar refractivity (Wildman–Crippen MR) is 66.9 cm³/mol. The lowest BCUT2D eigenvalue weighted by Gasteiger charge is -2.13. The molecule has 0 unspecified atom stereocenters. The molecule has 0 spiro atoms. The normalized spacial score (nSPS) is 9.80. The van der Waals surface area contributed by atoms with E-state index in [9.17, 15) is 4.79 Å². The first kappa shape index (κ1) is 12.0. The number of alkyl halides is 1. The number of rotatable bonds is 4. The Morgan fingerprint density at radius 2 is 2.20 bits per heavy atom. The number of carbonyl (C=O) groups is 1. The van der Waals surface area contributed by atoms with Crippen LogP contribution in [0.2, 0.25) is 0 Å². The van der Waals surface area contributed by atoms with Gasteiger partial charge in [-0.25, -0.2) is 0 Å². The van der Waals surface area contributed by atoms with Gasteiger partial charge in [-0.15, -0.1) is 0 Å². The maximum atomic E-state index is 11.6. The Bertz CT molecular complexity index is 339. The monoisotopic (exact) mass is 270 g/mol. The molecule has 1 aromatic rings. The van der Waals surface area contributed by atoms with Gasteiger partial charge in [-0.2, -0.15) is 0 Å². The van der Waals surface area contributed by atoms with Gasteiger partial charge in [-0.3, -0.25) is 4.79 Å². The van der Waals surface area contributed by atoms with Crippen LogP contribution in [0.5, 0.6) is 0 Å². The maximum Gasteiger partial charge on any atom is 0.251 e. The molecular formula is C11H15BrN2O. The number of halogens is 1. The van der Waals surface area contributed by atoms with Gasteiger partial charge in [0.1, 0.15) is 0 Å². The van der Waals surface area contributed by atoms with Crippen LogP contribution in [0.3, 0.4) is 0 Å². The van der Waals surface area contributed by atoms with Crippen molar-refractivity contribution < 1.29 is 4.79 Å². The molecule has 0 aliphatic carbocycles. The molecule has 0 aromatic heterocycles. The third kappa shape index (κ3) is 3.55. The largest absolute Gasteiger partial charge is 0.378 e. The van der Waals surface area contributed by atoms with Crippen molar-refractivity contribution in [3.8, 4) is 0 Å². The van der Waals surface area contributed by atoms with E-state index in [0.29, 0.717) is 12.1 Å². The first-order valence-corrected chi connectivity index (χ1v) is 5.89. The SMILES string of the molecule is CN(C)c1cccc(C(=O)NCCBr)c1. The van der Waals surface area contributed by atoms with Crippen molar-refractivity contribution in [2.24, 2.45) is 0 Å². The Labute approximate surface area is 98.6 Å². The summed E-state index contributed by atoms with van der Waals surface area (Å²) in [4.78, 5) is 13.6. The van der Waals surface area contributed by atoms with Crippen molar-refractivity contribution in [3.05, 3.63) is 29.8 Å². The van der Waals surface area contributed by atoms with Gasteiger partial charge in [0.15, 0.2) is 0 Å². The van der Waals surface area contributed by atoms with E-state index in [4.69, 9.17) is 0 Å². The van der Waals surface area contributed by atoms with Gasteiger partial charge in [0.2, 0.25) is 0 Å². The minimum absolute atomic E-state index is 0.0295. The minimum Gasteiger partial charge on any atom is -0.378 e. The highest BCUT2D eigenvalue weighted by Crippen LogP contribution is 2.13. The summed E-state index contributed by atoms with van der Waals surface area (Å²) in [5, 5.41) is 3.58. The van der Waals surface area contributed by atoms with Crippen molar-refractivity contribution in [2.45, 2.75) is 0 Å². The van der Waals surface area contributed by atoms with Gasteiger partial charge in [-0.05, 0) is 18.2 Å². The summed E-state index contributed by atoms with van der Waals surface area (Å²) in [6, 6.07) is 7.56. The molecule has 0 saturated heterocycles. The van der Waals surface area contributed by atoms with E-state index < -0.39 is 0 Å². The topological polar surface area (TPSA) is 32.3 Å². The van der Waals surface area contributed by atoms with Crippen molar-refractivity contribution in [3.63, 3.8) is 0 Å². The summed E-state index contributed by atoms with van der Waals surface area (Å²) in [5.74, 6) is -0.0295. The number of carbonyl (C=O) groups excluding carboxylic acids is 1. The van der Waals surface area contributed by atoms with E-state index in [1.807, 2.05) is 43.3 Å². The summed E-state index contributed by atoms with van der Waals surface area (Å²) in [6.07, 6.45) is 0. The molecule has 0 aliphatic rings. The number of amides is 1. The molecule has 3 nitrogen and oxygen atoms in total. The predicted octanol–water partition coefficient (Wildman–Crippen LogP) is 1.88. The zero-order valence-corrected chi connectivity index (χ0v) is 10.5. The lowest BCUT2D eigenvalue weighted by Crippen LogP contribution is -2.25. The second kappa shape index (κ2) is 5.75. The van der Waals surface area contributed by atoms with Gasteiger partial charge in [0.05, 0.1) is 0 Å². The van der Waals surface area contributed by atoms with E-state index in [1.165, 1.54) is 0 Å². The zero-order valence-electron chi connectivity index (χ0n) is 8.96. The molecule has 1 aromatic carbocycles. The number of anilines is 1. The van der Waals surface area contributed by atoms with Gasteiger partial charge in [0.25, 0.3) is 5.91 Å². The summed E-state index contributed by atoms with van der Waals surface area (Å²) in [7, 11) is 3.91. The van der Waals surface area contributed by atoms with Crippen molar-refractivity contribution in [2.75, 3.05) is 30.9 Å². The average molecular weight is 271 g/mol. The third-order valence-corrected chi connectivity index (χ3v) is 2.40. The fourth-order valence-electron chi connectivity index (χ4n) is 1.19. The first-order chi connectivity index (χ1) is 7.15. The Kier molecular flexibility index (Phi) is 4.62. The number of nitrogens with one attached hydrogen (secondary N) is 1. The second-order valence-corrected chi connectivity index (χ2v) is 4.18. The van der Waals surface area contributed by atoms with Crippen LogP contribution in [-0.2, 0) is 0 Å². The zero-order chi connectivity index (χ0) is 11.3. The standard InChI is InChI=1S/C11H15BrN2O/c1-14(2)10-5-3-4-9(8-10)11(15)13-7-6-12/h3-5,8H,6-7H2,1-2H3,(H,13,15). The molecule has 1 N–H and O–H groups in total. The molecular weight excluding hydrogens is 256 g/mol. The Morgan fingerprint density at radius 3 is 2.80 bits per heavy atom. The van der Waals surface area contributed by atoms with E-state index in [0.717, 1.165) is 11.0 Å². The van der Waals surface area contributed by atoms with Crippen LogP contribution < -0.4 is 10.2 Å². The molecule has 1 rings (SSSR count). The maximum absolute atomic E-state index is 11.6. The van der Waals surface area contributed by atoms with Gasteiger partial charge >= 0.3 is 0 Å². The van der Waals surface area contributed by atoms with Crippen LogP contribution in [0.15, 0.2) is 24.3 Å². The molecule has 0 atom stereocenters. The van der Waals surface area contributed by atoms with Crippen LogP contribution in [0.25, 0.3) is 0 Å². The minimum atomic E-state index is -0.0295. The van der Waals surface area contributed by atoms with Crippen LogP contribution in [0, 0.1) is 0 Å². The molecule has 82 valence electrons. The average Bonchev–Trinajstić information content (AvgIpc) is 2.26. The Morgan fingerprint density at radius 1 is 1.47 bits per heavy atom. The molecule has 0 fully saturated rings. The molecule has 0 heterocycles. The van der Waals surface area contributed by atoms with Crippen LogP contribution in [-0.4, -0.2) is 31.9 Å². The van der Waals surface area contributed by atoms with Crippen molar-refractivity contribution in [1.82, 2.24) is 5.32 Å². The van der Waals surface area contributed by atoms with E-state index in [-0.39, 0.29) is 5.91 Å². The quantitative estimate of drug-likeness (QED) is 0.848. The van der Waals surface area contributed by atoms with Crippen molar-refractivity contribution >= 4 is 27.5 Å². The lowest BCUT2D eigenvalue weighted by atomic mass is 10.2. The van der Waals surface area contributed by atoms with Gasteiger partial charge in [0, 0.05) is 37.2 Å². The second-order valence-electron chi connectivity index (χ2n) is 3.39. The summed E-state index contributed by atoms with van der Waals surface area (Å²) in [6.45, 7) is 0.644.